The van der Waals surface area contributed by atoms with Crippen LogP contribution >= 0.6 is 11.3 Å². The van der Waals surface area contributed by atoms with E-state index in [2.05, 4.69) is 27.0 Å². The van der Waals surface area contributed by atoms with E-state index in [0.29, 0.717) is 12.6 Å². The van der Waals surface area contributed by atoms with Gasteiger partial charge in [0.1, 0.15) is 0 Å². The minimum Gasteiger partial charge on any atom is -0.329 e. The fourth-order valence-corrected chi connectivity index (χ4v) is 3.76. The molecule has 0 aromatic carbocycles. The van der Waals surface area contributed by atoms with Crippen molar-refractivity contribution >= 4 is 23.3 Å². The SMILES string of the molecule is O=C1CNC(=O)N1CCCN1CCCC1c1ccsc1. The number of imide groups is 1. The smallest absolute Gasteiger partial charge is 0.324 e. The van der Waals surface area contributed by atoms with Crippen LogP contribution < -0.4 is 5.32 Å². The normalized spacial score (nSPS) is 23.6. The van der Waals surface area contributed by atoms with Gasteiger partial charge in [0.05, 0.1) is 6.54 Å². The Morgan fingerprint density at radius 3 is 2.95 bits per heavy atom. The molecule has 2 aliphatic heterocycles. The van der Waals surface area contributed by atoms with E-state index in [0.717, 1.165) is 19.5 Å². The van der Waals surface area contributed by atoms with Gasteiger partial charge < -0.3 is 5.32 Å². The summed E-state index contributed by atoms with van der Waals surface area (Å²) in [7, 11) is 0. The van der Waals surface area contributed by atoms with E-state index in [1.165, 1.54) is 23.3 Å². The van der Waals surface area contributed by atoms with Crippen LogP contribution in [-0.2, 0) is 4.79 Å². The number of nitrogens with one attached hydrogen (secondary N) is 1. The summed E-state index contributed by atoms with van der Waals surface area (Å²) < 4.78 is 0. The van der Waals surface area contributed by atoms with Gasteiger partial charge in [-0.1, -0.05) is 0 Å². The highest BCUT2D eigenvalue weighted by molar-refractivity contribution is 7.07. The van der Waals surface area contributed by atoms with E-state index in [-0.39, 0.29) is 18.5 Å². The van der Waals surface area contributed by atoms with E-state index in [1.54, 1.807) is 11.3 Å². The second kappa shape index (κ2) is 5.93. The van der Waals surface area contributed by atoms with Gasteiger partial charge in [0.25, 0.3) is 0 Å². The molecule has 0 bridgehead atoms. The van der Waals surface area contributed by atoms with Crippen LogP contribution in [0.3, 0.4) is 0 Å². The van der Waals surface area contributed by atoms with Crippen LogP contribution in [0.15, 0.2) is 16.8 Å². The van der Waals surface area contributed by atoms with Crippen LogP contribution in [0, 0.1) is 0 Å². The van der Waals surface area contributed by atoms with Gasteiger partial charge in [-0.15, -0.1) is 0 Å². The molecule has 1 unspecified atom stereocenters. The molecular formula is C14H19N3O2S. The summed E-state index contributed by atoms with van der Waals surface area (Å²) in [6, 6.07) is 2.47. The van der Waals surface area contributed by atoms with Crippen molar-refractivity contribution in [1.29, 1.82) is 0 Å². The molecule has 2 fully saturated rings. The number of likely N-dealkylation sites (tertiary alicyclic amines) is 1. The molecule has 1 N–H and O–H groups in total. The lowest BCUT2D eigenvalue weighted by Gasteiger charge is -2.24. The van der Waals surface area contributed by atoms with Gasteiger partial charge >= 0.3 is 6.03 Å². The first-order chi connectivity index (χ1) is 9.75. The van der Waals surface area contributed by atoms with E-state index in [4.69, 9.17) is 0 Å². The second-order valence-electron chi connectivity index (χ2n) is 5.31. The molecule has 3 amide bonds. The largest absolute Gasteiger partial charge is 0.329 e. The summed E-state index contributed by atoms with van der Waals surface area (Å²) >= 11 is 1.74. The molecule has 3 rings (SSSR count). The highest BCUT2D eigenvalue weighted by Crippen LogP contribution is 2.32. The summed E-state index contributed by atoms with van der Waals surface area (Å²) in [5, 5.41) is 6.90. The summed E-state index contributed by atoms with van der Waals surface area (Å²) in [5.41, 5.74) is 1.41. The van der Waals surface area contributed by atoms with Crippen molar-refractivity contribution in [2.75, 3.05) is 26.2 Å². The number of amides is 3. The summed E-state index contributed by atoms with van der Waals surface area (Å²) in [5.74, 6) is -0.106. The highest BCUT2D eigenvalue weighted by atomic mass is 32.1. The van der Waals surface area contributed by atoms with Crippen LogP contribution in [-0.4, -0.2) is 47.9 Å². The third kappa shape index (κ3) is 2.71. The standard InChI is InChI=1S/C14H19N3O2S/c18-13-9-15-14(19)17(13)7-2-6-16-5-1-3-12(16)11-4-8-20-10-11/h4,8,10,12H,1-3,5-7,9H2,(H,15,19). The first-order valence-electron chi connectivity index (χ1n) is 7.10. The number of nitrogens with zero attached hydrogens (tertiary/aromatic N) is 2. The van der Waals surface area contributed by atoms with Gasteiger partial charge in [-0.2, -0.15) is 11.3 Å². The van der Waals surface area contributed by atoms with Crippen LogP contribution in [0.2, 0.25) is 0 Å². The molecule has 3 heterocycles. The highest BCUT2D eigenvalue weighted by Gasteiger charge is 2.29. The van der Waals surface area contributed by atoms with Crippen molar-refractivity contribution in [3.8, 4) is 0 Å². The average molecular weight is 293 g/mol. The van der Waals surface area contributed by atoms with Crippen molar-refractivity contribution in [3.05, 3.63) is 22.4 Å². The molecule has 6 heteroatoms. The number of urea groups is 1. The zero-order chi connectivity index (χ0) is 13.9. The van der Waals surface area contributed by atoms with Crippen molar-refractivity contribution in [1.82, 2.24) is 15.1 Å². The Hall–Kier alpha value is -1.40. The van der Waals surface area contributed by atoms with Gasteiger partial charge in [-0.05, 0) is 48.2 Å². The number of thiophene rings is 1. The minimum absolute atomic E-state index is 0.106. The predicted octanol–water partition coefficient (Wildman–Crippen LogP) is 1.83. The maximum atomic E-state index is 11.5. The summed E-state index contributed by atoms with van der Waals surface area (Å²) in [4.78, 5) is 26.7. The molecule has 2 saturated heterocycles. The Bertz CT molecular complexity index is 473. The van der Waals surface area contributed by atoms with Crippen molar-refractivity contribution in [3.63, 3.8) is 0 Å². The Labute approximate surface area is 122 Å². The molecule has 0 aliphatic carbocycles. The van der Waals surface area contributed by atoms with Gasteiger partial charge in [0, 0.05) is 19.1 Å². The van der Waals surface area contributed by atoms with Crippen molar-refractivity contribution < 1.29 is 9.59 Å². The molecule has 0 spiro atoms. The minimum atomic E-state index is -0.245. The van der Waals surface area contributed by atoms with Gasteiger partial charge in [-0.3, -0.25) is 14.6 Å². The fraction of sp³-hybridized carbons (Fsp3) is 0.571. The first-order valence-corrected chi connectivity index (χ1v) is 8.04. The number of hydrogen-bond acceptors (Lipinski definition) is 4. The van der Waals surface area contributed by atoms with Gasteiger partial charge in [0.2, 0.25) is 5.91 Å². The quantitative estimate of drug-likeness (QED) is 0.843. The Balaban J connectivity index is 1.51. The lowest BCUT2D eigenvalue weighted by molar-refractivity contribution is -0.125. The third-order valence-electron chi connectivity index (χ3n) is 4.06. The predicted molar refractivity (Wildman–Crippen MR) is 77.6 cm³/mol. The van der Waals surface area contributed by atoms with E-state index in [1.807, 2.05) is 0 Å². The molecule has 1 aromatic heterocycles. The number of hydrogen-bond donors (Lipinski definition) is 1. The van der Waals surface area contributed by atoms with Crippen LogP contribution in [0.1, 0.15) is 30.9 Å². The Morgan fingerprint density at radius 1 is 1.35 bits per heavy atom. The molecule has 1 aromatic rings. The molecule has 20 heavy (non-hydrogen) atoms. The van der Waals surface area contributed by atoms with Gasteiger partial charge in [0.15, 0.2) is 0 Å². The van der Waals surface area contributed by atoms with E-state index in [9.17, 15) is 9.59 Å². The molecule has 5 nitrogen and oxygen atoms in total. The molecule has 1 atom stereocenters. The molecule has 0 radical (unpaired) electrons. The first kappa shape index (κ1) is 13.6. The van der Waals surface area contributed by atoms with Crippen LogP contribution in [0.25, 0.3) is 0 Å². The molecular weight excluding hydrogens is 274 g/mol. The van der Waals surface area contributed by atoms with Gasteiger partial charge in [-0.25, -0.2) is 4.79 Å². The Morgan fingerprint density at radius 2 is 2.25 bits per heavy atom. The zero-order valence-corrected chi connectivity index (χ0v) is 12.2. The maximum Gasteiger partial charge on any atom is 0.324 e. The van der Waals surface area contributed by atoms with Crippen molar-refractivity contribution in [2.45, 2.75) is 25.3 Å². The van der Waals surface area contributed by atoms with E-state index >= 15 is 0 Å². The fourth-order valence-electron chi connectivity index (χ4n) is 3.05. The number of carbonyl (C=O) groups is 2. The molecule has 0 saturated carbocycles. The second-order valence-corrected chi connectivity index (χ2v) is 6.09. The number of carbonyl (C=O) groups excluding carboxylic acids is 2. The third-order valence-corrected chi connectivity index (χ3v) is 4.76. The summed E-state index contributed by atoms with van der Waals surface area (Å²) in [6.45, 7) is 2.73. The summed E-state index contributed by atoms with van der Waals surface area (Å²) in [6.07, 6.45) is 3.28. The Kier molecular flexibility index (Phi) is 4.03. The topological polar surface area (TPSA) is 52.7 Å². The monoisotopic (exact) mass is 293 g/mol. The van der Waals surface area contributed by atoms with Crippen LogP contribution in [0.5, 0.6) is 0 Å². The lowest BCUT2D eigenvalue weighted by Crippen LogP contribution is -2.34. The van der Waals surface area contributed by atoms with Crippen molar-refractivity contribution in [2.24, 2.45) is 0 Å². The molecule has 2 aliphatic rings. The maximum absolute atomic E-state index is 11.5. The zero-order valence-electron chi connectivity index (χ0n) is 11.4. The van der Waals surface area contributed by atoms with E-state index < -0.39 is 0 Å². The lowest BCUT2D eigenvalue weighted by atomic mass is 10.1. The molecule has 108 valence electrons. The average Bonchev–Trinajstić information content (AvgIpc) is 3.14. The number of rotatable bonds is 5. The van der Waals surface area contributed by atoms with Crippen LogP contribution in [0.4, 0.5) is 4.79 Å².